The summed E-state index contributed by atoms with van der Waals surface area (Å²) in [7, 11) is 0. The summed E-state index contributed by atoms with van der Waals surface area (Å²) in [5.41, 5.74) is -0.183. The molecule has 0 N–H and O–H groups in total. The van der Waals surface area contributed by atoms with Crippen molar-refractivity contribution in [2.75, 3.05) is 32.7 Å². The van der Waals surface area contributed by atoms with Crippen molar-refractivity contribution < 1.29 is 4.79 Å². The summed E-state index contributed by atoms with van der Waals surface area (Å²) in [6, 6.07) is 0.699. The van der Waals surface area contributed by atoms with E-state index < -0.39 is 0 Å². The van der Waals surface area contributed by atoms with E-state index >= 15 is 0 Å². The van der Waals surface area contributed by atoms with Gasteiger partial charge in [-0.05, 0) is 26.1 Å². The number of rotatable bonds is 6. The van der Waals surface area contributed by atoms with Gasteiger partial charge in [0.05, 0.1) is 0 Å². The Hall–Kier alpha value is -0.410. The van der Waals surface area contributed by atoms with Gasteiger partial charge in [0.1, 0.15) is 5.78 Å². The Labute approximate surface area is 113 Å². The fourth-order valence-electron chi connectivity index (χ4n) is 2.69. The molecule has 1 atom stereocenters. The van der Waals surface area contributed by atoms with Crippen LogP contribution >= 0.6 is 0 Å². The van der Waals surface area contributed by atoms with E-state index in [1.54, 1.807) is 0 Å². The lowest BCUT2D eigenvalue weighted by molar-refractivity contribution is -0.126. The molecule has 0 aromatic heterocycles. The summed E-state index contributed by atoms with van der Waals surface area (Å²) in [6.07, 6.45) is 1.96. The van der Waals surface area contributed by atoms with Crippen LogP contribution in [0.25, 0.3) is 0 Å². The molecule has 0 aromatic carbocycles. The second kappa shape index (κ2) is 6.67. The number of carbonyl (C=O) groups is 1. The molecule has 106 valence electrons. The zero-order chi connectivity index (χ0) is 13.8. The highest BCUT2D eigenvalue weighted by molar-refractivity contribution is 5.83. The smallest absolute Gasteiger partial charge is 0.139 e. The van der Waals surface area contributed by atoms with Gasteiger partial charge in [-0.2, -0.15) is 0 Å². The summed E-state index contributed by atoms with van der Waals surface area (Å²) < 4.78 is 0. The highest BCUT2D eigenvalue weighted by Crippen LogP contribution is 2.19. The molecule has 0 amide bonds. The van der Waals surface area contributed by atoms with Gasteiger partial charge in [0, 0.05) is 31.0 Å². The maximum Gasteiger partial charge on any atom is 0.139 e. The van der Waals surface area contributed by atoms with Crippen LogP contribution in [-0.2, 0) is 4.79 Å². The van der Waals surface area contributed by atoms with Crippen LogP contribution in [0.4, 0.5) is 0 Å². The van der Waals surface area contributed by atoms with E-state index in [2.05, 4.69) is 23.6 Å². The van der Waals surface area contributed by atoms with Gasteiger partial charge in [-0.15, -0.1) is 0 Å². The lowest BCUT2D eigenvalue weighted by Crippen LogP contribution is -2.37. The van der Waals surface area contributed by atoms with E-state index in [4.69, 9.17) is 0 Å². The van der Waals surface area contributed by atoms with Crippen molar-refractivity contribution in [3.8, 4) is 0 Å². The van der Waals surface area contributed by atoms with Crippen molar-refractivity contribution in [2.24, 2.45) is 5.41 Å². The van der Waals surface area contributed by atoms with E-state index in [0.29, 0.717) is 18.2 Å². The Kier molecular flexibility index (Phi) is 5.80. The van der Waals surface area contributed by atoms with Gasteiger partial charge in [-0.1, -0.05) is 34.6 Å². The minimum absolute atomic E-state index is 0.183. The van der Waals surface area contributed by atoms with E-state index in [1.807, 2.05) is 20.8 Å². The van der Waals surface area contributed by atoms with Crippen molar-refractivity contribution in [2.45, 2.75) is 53.5 Å². The number of hydrogen-bond acceptors (Lipinski definition) is 3. The minimum atomic E-state index is -0.183. The molecule has 1 unspecified atom stereocenters. The van der Waals surface area contributed by atoms with Crippen LogP contribution in [0.3, 0.4) is 0 Å². The number of hydrogen-bond donors (Lipinski definition) is 0. The lowest BCUT2D eigenvalue weighted by atomic mass is 9.89. The molecule has 0 saturated carbocycles. The molecule has 18 heavy (non-hydrogen) atoms. The third-order valence-corrected chi connectivity index (χ3v) is 4.07. The molecule has 3 heteroatoms. The van der Waals surface area contributed by atoms with Gasteiger partial charge in [0.2, 0.25) is 0 Å². The van der Waals surface area contributed by atoms with Crippen molar-refractivity contribution >= 4 is 5.78 Å². The molecule has 0 bridgehead atoms. The first-order valence-electron chi connectivity index (χ1n) is 7.38. The molecule has 1 aliphatic rings. The van der Waals surface area contributed by atoms with Crippen molar-refractivity contribution in [3.63, 3.8) is 0 Å². The van der Waals surface area contributed by atoms with Gasteiger partial charge >= 0.3 is 0 Å². The SMILES string of the molecule is CCN(CC)C1CCN(CCC(=O)C(C)(C)C)C1. The van der Waals surface area contributed by atoms with E-state index in [-0.39, 0.29) is 5.41 Å². The Morgan fingerprint density at radius 2 is 1.89 bits per heavy atom. The molecule has 1 fully saturated rings. The number of nitrogens with zero attached hydrogens (tertiary/aromatic N) is 2. The van der Waals surface area contributed by atoms with Gasteiger partial charge < -0.3 is 4.90 Å². The number of carbonyl (C=O) groups excluding carboxylic acids is 1. The van der Waals surface area contributed by atoms with E-state index in [9.17, 15) is 4.79 Å². The molecular formula is C15H30N2O. The Balaban J connectivity index is 2.33. The molecule has 0 aliphatic carbocycles. The minimum Gasteiger partial charge on any atom is -0.301 e. The van der Waals surface area contributed by atoms with Crippen LogP contribution < -0.4 is 0 Å². The van der Waals surface area contributed by atoms with Gasteiger partial charge in [-0.25, -0.2) is 0 Å². The zero-order valence-corrected chi connectivity index (χ0v) is 12.8. The highest BCUT2D eigenvalue weighted by Gasteiger charge is 2.27. The summed E-state index contributed by atoms with van der Waals surface area (Å²) in [4.78, 5) is 16.9. The average molecular weight is 254 g/mol. The van der Waals surface area contributed by atoms with Crippen LogP contribution in [0, 0.1) is 5.41 Å². The monoisotopic (exact) mass is 254 g/mol. The van der Waals surface area contributed by atoms with Gasteiger partial charge in [0.15, 0.2) is 0 Å². The number of likely N-dealkylation sites (tertiary alicyclic amines) is 1. The largest absolute Gasteiger partial charge is 0.301 e. The van der Waals surface area contributed by atoms with Crippen LogP contribution in [-0.4, -0.2) is 54.3 Å². The van der Waals surface area contributed by atoms with Crippen LogP contribution in [0.1, 0.15) is 47.5 Å². The second-order valence-corrected chi connectivity index (χ2v) is 6.39. The zero-order valence-electron chi connectivity index (χ0n) is 12.8. The summed E-state index contributed by atoms with van der Waals surface area (Å²) in [5.74, 6) is 0.383. The van der Waals surface area contributed by atoms with Crippen molar-refractivity contribution in [1.82, 2.24) is 9.80 Å². The molecule has 0 aromatic rings. The molecular weight excluding hydrogens is 224 g/mol. The van der Waals surface area contributed by atoms with Crippen molar-refractivity contribution in [3.05, 3.63) is 0 Å². The van der Waals surface area contributed by atoms with Crippen LogP contribution in [0.5, 0.6) is 0 Å². The molecule has 1 saturated heterocycles. The summed E-state index contributed by atoms with van der Waals surface area (Å²) >= 11 is 0. The summed E-state index contributed by atoms with van der Waals surface area (Å²) in [5, 5.41) is 0. The predicted octanol–water partition coefficient (Wildman–Crippen LogP) is 2.41. The number of likely N-dealkylation sites (N-methyl/N-ethyl adjacent to an activating group) is 1. The van der Waals surface area contributed by atoms with E-state index in [0.717, 1.165) is 32.7 Å². The molecule has 3 nitrogen and oxygen atoms in total. The second-order valence-electron chi connectivity index (χ2n) is 6.39. The average Bonchev–Trinajstić information content (AvgIpc) is 2.75. The number of Topliss-reactive ketones (excluding diaryl/α,β-unsaturated/α-hetero) is 1. The maximum absolute atomic E-state index is 11.9. The Bertz CT molecular complexity index is 266. The van der Waals surface area contributed by atoms with Gasteiger partial charge in [-0.3, -0.25) is 9.69 Å². The lowest BCUT2D eigenvalue weighted by Gasteiger charge is -2.26. The third kappa shape index (κ3) is 4.36. The molecule has 0 spiro atoms. The maximum atomic E-state index is 11.9. The van der Waals surface area contributed by atoms with E-state index in [1.165, 1.54) is 6.42 Å². The quantitative estimate of drug-likeness (QED) is 0.727. The molecule has 1 rings (SSSR count). The Morgan fingerprint density at radius 1 is 1.28 bits per heavy atom. The first-order chi connectivity index (χ1) is 8.38. The fourth-order valence-corrected chi connectivity index (χ4v) is 2.69. The normalized spacial score (nSPS) is 21.8. The van der Waals surface area contributed by atoms with Crippen LogP contribution in [0.15, 0.2) is 0 Å². The third-order valence-electron chi connectivity index (χ3n) is 4.07. The summed E-state index contributed by atoms with van der Waals surface area (Å²) in [6.45, 7) is 16.0. The van der Waals surface area contributed by atoms with Crippen LogP contribution in [0.2, 0.25) is 0 Å². The standard InChI is InChI=1S/C15H30N2O/c1-6-17(7-2)13-8-10-16(12-13)11-9-14(18)15(3,4)5/h13H,6-12H2,1-5H3. The number of ketones is 1. The Morgan fingerprint density at radius 3 is 2.39 bits per heavy atom. The van der Waals surface area contributed by atoms with Crippen molar-refractivity contribution in [1.29, 1.82) is 0 Å². The molecule has 0 radical (unpaired) electrons. The first kappa shape index (κ1) is 15.6. The van der Waals surface area contributed by atoms with Gasteiger partial charge in [0.25, 0.3) is 0 Å². The highest BCUT2D eigenvalue weighted by atomic mass is 16.1. The first-order valence-corrected chi connectivity index (χ1v) is 7.38. The molecule has 1 heterocycles. The topological polar surface area (TPSA) is 23.6 Å². The fraction of sp³-hybridized carbons (Fsp3) is 0.933. The molecule has 1 aliphatic heterocycles. The predicted molar refractivity (Wildman–Crippen MR) is 76.8 cm³/mol.